The van der Waals surface area contributed by atoms with E-state index in [0.29, 0.717) is 19.8 Å². The fourth-order valence-corrected chi connectivity index (χ4v) is 3.86. The molecular formula is C23H25FN2O3. The second kappa shape index (κ2) is 8.35. The number of benzene rings is 2. The van der Waals surface area contributed by atoms with Crippen LogP contribution in [0.1, 0.15) is 29.8 Å². The van der Waals surface area contributed by atoms with Crippen molar-refractivity contribution in [1.29, 1.82) is 0 Å². The SMILES string of the molecule is COC1(c2cccc(OCc3ccc(F)cc3-n3ccnc3C)c2)CCOCC1. The number of nitrogens with zero attached hydrogens (tertiary/aromatic N) is 2. The van der Waals surface area contributed by atoms with E-state index in [-0.39, 0.29) is 11.4 Å². The maximum absolute atomic E-state index is 13.9. The van der Waals surface area contributed by atoms with Gasteiger partial charge < -0.3 is 18.8 Å². The number of halogens is 1. The van der Waals surface area contributed by atoms with Gasteiger partial charge in [-0.05, 0) is 36.8 Å². The lowest BCUT2D eigenvalue weighted by molar-refractivity contribution is -0.0948. The molecule has 1 fully saturated rings. The molecule has 2 heterocycles. The number of ether oxygens (including phenoxy) is 3. The highest BCUT2D eigenvalue weighted by molar-refractivity contribution is 5.43. The predicted octanol–water partition coefficient (Wildman–Crippen LogP) is 4.55. The van der Waals surface area contributed by atoms with Gasteiger partial charge in [-0.2, -0.15) is 0 Å². The molecule has 0 spiro atoms. The molecule has 5 nitrogen and oxygen atoms in total. The van der Waals surface area contributed by atoms with Gasteiger partial charge in [0, 0.05) is 51.1 Å². The molecule has 2 aromatic carbocycles. The topological polar surface area (TPSA) is 45.5 Å². The fourth-order valence-electron chi connectivity index (χ4n) is 3.86. The average Bonchev–Trinajstić information content (AvgIpc) is 3.19. The first-order chi connectivity index (χ1) is 14.1. The molecule has 0 aliphatic carbocycles. The van der Waals surface area contributed by atoms with E-state index >= 15 is 0 Å². The number of imidazole rings is 1. The van der Waals surface area contributed by atoms with Crippen molar-refractivity contribution < 1.29 is 18.6 Å². The Kier molecular flexibility index (Phi) is 5.65. The van der Waals surface area contributed by atoms with Gasteiger partial charge in [-0.25, -0.2) is 9.37 Å². The molecule has 0 unspecified atom stereocenters. The second-order valence-electron chi connectivity index (χ2n) is 7.24. The van der Waals surface area contributed by atoms with E-state index in [4.69, 9.17) is 14.2 Å². The number of rotatable bonds is 6. The lowest BCUT2D eigenvalue weighted by atomic mass is 9.86. The third kappa shape index (κ3) is 4.04. The molecule has 0 saturated carbocycles. The largest absolute Gasteiger partial charge is 0.489 e. The van der Waals surface area contributed by atoms with Crippen LogP contribution >= 0.6 is 0 Å². The number of hydrogen-bond acceptors (Lipinski definition) is 4. The highest BCUT2D eigenvalue weighted by Crippen LogP contribution is 2.37. The zero-order chi connectivity index (χ0) is 20.3. The molecular weight excluding hydrogens is 371 g/mol. The molecule has 152 valence electrons. The summed E-state index contributed by atoms with van der Waals surface area (Å²) in [7, 11) is 1.75. The minimum atomic E-state index is -0.341. The molecule has 1 aliphatic heterocycles. The van der Waals surface area contributed by atoms with Crippen molar-refractivity contribution in [3.63, 3.8) is 0 Å². The van der Waals surface area contributed by atoms with E-state index in [1.807, 2.05) is 35.9 Å². The molecule has 1 aliphatic rings. The van der Waals surface area contributed by atoms with Crippen molar-refractivity contribution in [3.05, 3.63) is 77.6 Å². The van der Waals surface area contributed by atoms with Crippen molar-refractivity contribution in [2.24, 2.45) is 0 Å². The summed E-state index contributed by atoms with van der Waals surface area (Å²) in [6.45, 7) is 3.57. The summed E-state index contributed by atoms with van der Waals surface area (Å²) < 4.78 is 33.2. The summed E-state index contributed by atoms with van der Waals surface area (Å²) in [4.78, 5) is 4.24. The molecule has 0 amide bonds. The summed E-state index contributed by atoms with van der Waals surface area (Å²) in [6.07, 6.45) is 5.15. The van der Waals surface area contributed by atoms with E-state index in [0.717, 1.165) is 41.2 Å². The highest BCUT2D eigenvalue weighted by Gasteiger charge is 2.34. The van der Waals surface area contributed by atoms with Crippen LogP contribution in [0.2, 0.25) is 0 Å². The van der Waals surface area contributed by atoms with Gasteiger partial charge in [0.15, 0.2) is 0 Å². The Morgan fingerprint density at radius 1 is 1.17 bits per heavy atom. The van der Waals surface area contributed by atoms with Crippen LogP contribution in [0.4, 0.5) is 4.39 Å². The van der Waals surface area contributed by atoms with Crippen LogP contribution in [0.5, 0.6) is 5.75 Å². The average molecular weight is 396 g/mol. The summed E-state index contributed by atoms with van der Waals surface area (Å²) >= 11 is 0. The standard InChI is InChI=1S/C23H25FN2O3/c1-17-25-10-11-26(17)22-15-20(24)7-6-18(22)16-29-21-5-3-4-19(14-21)23(27-2)8-12-28-13-9-23/h3-7,10-11,14-15H,8-9,12-13,16H2,1-2H3. The van der Waals surface area contributed by atoms with Gasteiger partial charge >= 0.3 is 0 Å². The maximum Gasteiger partial charge on any atom is 0.125 e. The van der Waals surface area contributed by atoms with Gasteiger partial charge in [0.25, 0.3) is 0 Å². The Balaban J connectivity index is 1.57. The summed E-state index contributed by atoms with van der Waals surface area (Å²) in [5.41, 5.74) is 2.36. The molecule has 4 rings (SSSR count). The quantitative estimate of drug-likeness (QED) is 0.613. The molecule has 0 radical (unpaired) electrons. The molecule has 29 heavy (non-hydrogen) atoms. The molecule has 0 N–H and O–H groups in total. The van der Waals surface area contributed by atoms with E-state index < -0.39 is 0 Å². The van der Waals surface area contributed by atoms with Crippen molar-refractivity contribution in [1.82, 2.24) is 9.55 Å². The Bertz CT molecular complexity index is 980. The first-order valence-corrected chi connectivity index (χ1v) is 9.76. The second-order valence-corrected chi connectivity index (χ2v) is 7.24. The third-order valence-corrected chi connectivity index (χ3v) is 5.58. The zero-order valence-electron chi connectivity index (χ0n) is 16.7. The van der Waals surface area contributed by atoms with Crippen LogP contribution in [0.15, 0.2) is 54.9 Å². The monoisotopic (exact) mass is 396 g/mol. The third-order valence-electron chi connectivity index (χ3n) is 5.58. The van der Waals surface area contributed by atoms with Gasteiger partial charge in [0.2, 0.25) is 0 Å². The molecule has 0 bridgehead atoms. The smallest absolute Gasteiger partial charge is 0.125 e. The van der Waals surface area contributed by atoms with Crippen LogP contribution in [0.3, 0.4) is 0 Å². The number of aromatic nitrogens is 2. The number of aryl methyl sites for hydroxylation is 1. The van der Waals surface area contributed by atoms with Gasteiger partial charge in [-0.1, -0.05) is 18.2 Å². The first kappa shape index (κ1) is 19.6. The summed E-state index contributed by atoms with van der Waals surface area (Å²) in [5.74, 6) is 1.25. The minimum Gasteiger partial charge on any atom is -0.489 e. The highest BCUT2D eigenvalue weighted by atomic mass is 19.1. The lowest BCUT2D eigenvalue weighted by Gasteiger charge is -2.36. The molecule has 0 atom stereocenters. The lowest BCUT2D eigenvalue weighted by Crippen LogP contribution is -2.35. The molecule has 1 aromatic heterocycles. The van der Waals surface area contributed by atoms with Crippen molar-refractivity contribution in [3.8, 4) is 11.4 Å². The Morgan fingerprint density at radius 3 is 2.72 bits per heavy atom. The maximum atomic E-state index is 13.9. The number of hydrogen-bond donors (Lipinski definition) is 0. The van der Waals surface area contributed by atoms with E-state index in [1.54, 1.807) is 19.4 Å². The fraction of sp³-hybridized carbons (Fsp3) is 0.348. The van der Waals surface area contributed by atoms with Crippen LogP contribution in [0, 0.1) is 12.7 Å². The molecule has 3 aromatic rings. The number of methoxy groups -OCH3 is 1. The molecule has 6 heteroatoms. The van der Waals surface area contributed by atoms with E-state index in [9.17, 15) is 4.39 Å². The van der Waals surface area contributed by atoms with Gasteiger partial charge in [-0.15, -0.1) is 0 Å². The van der Waals surface area contributed by atoms with Crippen molar-refractivity contribution in [2.75, 3.05) is 20.3 Å². The van der Waals surface area contributed by atoms with Crippen molar-refractivity contribution in [2.45, 2.75) is 32.0 Å². The minimum absolute atomic E-state index is 0.291. The first-order valence-electron chi connectivity index (χ1n) is 9.76. The molecule has 1 saturated heterocycles. The van der Waals surface area contributed by atoms with Gasteiger partial charge in [-0.3, -0.25) is 0 Å². The van der Waals surface area contributed by atoms with E-state index in [1.165, 1.54) is 12.1 Å². The van der Waals surface area contributed by atoms with Crippen LogP contribution in [0.25, 0.3) is 5.69 Å². The normalized spacial score (nSPS) is 16.0. The van der Waals surface area contributed by atoms with Gasteiger partial charge in [0.05, 0.1) is 11.3 Å². The van der Waals surface area contributed by atoms with Crippen LogP contribution < -0.4 is 4.74 Å². The van der Waals surface area contributed by atoms with Crippen LogP contribution in [-0.4, -0.2) is 29.9 Å². The van der Waals surface area contributed by atoms with Crippen LogP contribution in [-0.2, 0) is 21.7 Å². The van der Waals surface area contributed by atoms with E-state index in [2.05, 4.69) is 11.1 Å². The predicted molar refractivity (Wildman–Crippen MR) is 108 cm³/mol. The Morgan fingerprint density at radius 2 is 2.00 bits per heavy atom. The summed E-state index contributed by atoms with van der Waals surface area (Å²) in [6, 6.07) is 12.7. The van der Waals surface area contributed by atoms with Crippen molar-refractivity contribution >= 4 is 0 Å². The summed E-state index contributed by atoms with van der Waals surface area (Å²) in [5, 5.41) is 0. The Labute approximate surface area is 170 Å². The van der Waals surface area contributed by atoms with Gasteiger partial charge in [0.1, 0.15) is 24.0 Å². The zero-order valence-corrected chi connectivity index (χ0v) is 16.7. The Hall–Kier alpha value is -2.70.